The van der Waals surface area contributed by atoms with E-state index in [2.05, 4.69) is 15.6 Å². The molecular formula is C19H19ClN4OS. The summed E-state index contributed by atoms with van der Waals surface area (Å²) in [4.78, 5) is 4.46. The molecule has 7 heteroatoms. The molecule has 0 fully saturated rings. The van der Waals surface area contributed by atoms with E-state index in [0.29, 0.717) is 10.1 Å². The van der Waals surface area contributed by atoms with Crippen LogP contribution in [-0.4, -0.2) is 21.8 Å². The minimum atomic E-state index is -0.203. The number of methoxy groups -OCH3 is 1. The molecule has 2 aromatic carbocycles. The van der Waals surface area contributed by atoms with Crippen LogP contribution in [0.2, 0.25) is 5.02 Å². The van der Waals surface area contributed by atoms with Crippen molar-refractivity contribution in [2.75, 3.05) is 12.4 Å². The molecule has 134 valence electrons. The Bertz CT molecular complexity index is 877. The standard InChI is InChI=1S/C19H19ClN4OS/c1-24-12-11-21-18(24)17(13-3-5-14(20)6-4-13)23-19(26)22-15-7-9-16(25-2)10-8-15/h3-12,17H,1-2H3,(H2,22,23,26)/t17-/m0/s1. The van der Waals surface area contributed by atoms with Crippen molar-refractivity contribution in [2.45, 2.75) is 6.04 Å². The molecule has 1 atom stereocenters. The third kappa shape index (κ3) is 4.33. The molecular weight excluding hydrogens is 368 g/mol. The lowest BCUT2D eigenvalue weighted by Gasteiger charge is -2.21. The first kappa shape index (κ1) is 18.2. The molecule has 0 amide bonds. The number of benzene rings is 2. The zero-order valence-electron chi connectivity index (χ0n) is 14.4. The van der Waals surface area contributed by atoms with Crippen LogP contribution in [0.3, 0.4) is 0 Å². The zero-order valence-corrected chi connectivity index (χ0v) is 16.0. The number of thiocarbonyl (C=S) groups is 1. The van der Waals surface area contributed by atoms with Crippen molar-refractivity contribution in [3.8, 4) is 5.75 Å². The Morgan fingerprint density at radius 1 is 1.15 bits per heavy atom. The fourth-order valence-corrected chi connectivity index (χ4v) is 2.94. The summed E-state index contributed by atoms with van der Waals surface area (Å²) in [5.74, 6) is 1.65. The van der Waals surface area contributed by atoms with Crippen LogP contribution >= 0.6 is 23.8 Å². The van der Waals surface area contributed by atoms with Gasteiger partial charge in [-0.15, -0.1) is 0 Å². The highest BCUT2D eigenvalue weighted by molar-refractivity contribution is 7.80. The molecule has 0 aliphatic carbocycles. The molecule has 0 unspecified atom stereocenters. The van der Waals surface area contributed by atoms with Gasteiger partial charge in [-0.05, 0) is 54.2 Å². The van der Waals surface area contributed by atoms with Crippen LogP contribution in [0.15, 0.2) is 60.9 Å². The van der Waals surface area contributed by atoms with Gasteiger partial charge in [0.1, 0.15) is 17.6 Å². The monoisotopic (exact) mass is 386 g/mol. The molecule has 0 radical (unpaired) electrons. The number of imidazole rings is 1. The number of nitrogens with zero attached hydrogens (tertiary/aromatic N) is 2. The average molecular weight is 387 g/mol. The topological polar surface area (TPSA) is 51.1 Å². The summed E-state index contributed by atoms with van der Waals surface area (Å²) in [7, 11) is 3.59. The van der Waals surface area contributed by atoms with Gasteiger partial charge < -0.3 is 19.9 Å². The number of ether oxygens (including phenoxy) is 1. The van der Waals surface area contributed by atoms with Crippen LogP contribution in [0.4, 0.5) is 5.69 Å². The lowest BCUT2D eigenvalue weighted by Crippen LogP contribution is -2.34. The van der Waals surface area contributed by atoms with Crippen LogP contribution in [0.25, 0.3) is 0 Å². The quantitative estimate of drug-likeness (QED) is 0.645. The predicted octanol–water partition coefficient (Wildman–Crippen LogP) is 4.16. The fraction of sp³-hybridized carbons (Fsp3) is 0.158. The summed E-state index contributed by atoms with van der Waals surface area (Å²) in [5, 5.41) is 7.71. The van der Waals surface area contributed by atoms with Crippen LogP contribution in [-0.2, 0) is 7.05 Å². The summed E-state index contributed by atoms with van der Waals surface area (Å²) < 4.78 is 7.13. The van der Waals surface area contributed by atoms with Gasteiger partial charge in [0.15, 0.2) is 5.11 Å². The maximum Gasteiger partial charge on any atom is 0.171 e. The summed E-state index contributed by atoms with van der Waals surface area (Å²) in [6.45, 7) is 0. The number of hydrogen-bond donors (Lipinski definition) is 2. The Kier molecular flexibility index (Phi) is 5.75. The maximum absolute atomic E-state index is 6.02. The van der Waals surface area contributed by atoms with E-state index >= 15 is 0 Å². The molecule has 0 aliphatic heterocycles. The second-order valence-electron chi connectivity index (χ2n) is 5.71. The van der Waals surface area contributed by atoms with Crippen molar-refractivity contribution in [1.29, 1.82) is 0 Å². The SMILES string of the molecule is COc1ccc(NC(=S)N[C@@H](c2ccc(Cl)cc2)c2nccn2C)cc1. The molecule has 0 saturated heterocycles. The van der Waals surface area contributed by atoms with Crippen LogP contribution in [0.5, 0.6) is 5.75 Å². The molecule has 0 aliphatic rings. The summed E-state index contributed by atoms with van der Waals surface area (Å²) >= 11 is 11.5. The van der Waals surface area contributed by atoms with E-state index in [4.69, 9.17) is 28.6 Å². The molecule has 0 spiro atoms. The van der Waals surface area contributed by atoms with E-state index in [1.165, 1.54) is 0 Å². The van der Waals surface area contributed by atoms with E-state index in [1.807, 2.05) is 66.3 Å². The fourth-order valence-electron chi connectivity index (χ4n) is 2.58. The second-order valence-corrected chi connectivity index (χ2v) is 6.55. The largest absolute Gasteiger partial charge is 0.497 e. The number of anilines is 1. The molecule has 3 aromatic rings. The van der Waals surface area contributed by atoms with Gasteiger partial charge in [-0.2, -0.15) is 0 Å². The maximum atomic E-state index is 6.02. The molecule has 1 heterocycles. The van der Waals surface area contributed by atoms with Crippen molar-refractivity contribution in [3.63, 3.8) is 0 Å². The normalized spacial score (nSPS) is 11.7. The van der Waals surface area contributed by atoms with Crippen molar-refractivity contribution < 1.29 is 4.74 Å². The highest BCUT2D eigenvalue weighted by Crippen LogP contribution is 2.23. The van der Waals surface area contributed by atoms with E-state index < -0.39 is 0 Å². The minimum absolute atomic E-state index is 0.203. The third-order valence-electron chi connectivity index (χ3n) is 3.94. The Hall–Kier alpha value is -2.57. The van der Waals surface area contributed by atoms with Crippen molar-refractivity contribution in [2.24, 2.45) is 7.05 Å². The van der Waals surface area contributed by atoms with Gasteiger partial charge in [-0.25, -0.2) is 4.98 Å². The number of nitrogens with one attached hydrogen (secondary N) is 2. The van der Waals surface area contributed by atoms with E-state index in [9.17, 15) is 0 Å². The molecule has 1 aromatic heterocycles. The van der Waals surface area contributed by atoms with Gasteiger partial charge in [0.2, 0.25) is 0 Å². The van der Waals surface area contributed by atoms with E-state index in [0.717, 1.165) is 22.8 Å². The van der Waals surface area contributed by atoms with E-state index in [-0.39, 0.29) is 6.04 Å². The number of halogens is 1. The average Bonchev–Trinajstić information content (AvgIpc) is 3.07. The predicted molar refractivity (Wildman–Crippen MR) is 109 cm³/mol. The summed E-state index contributed by atoms with van der Waals surface area (Å²) in [6.07, 6.45) is 3.67. The molecule has 0 saturated carbocycles. The Morgan fingerprint density at radius 3 is 2.42 bits per heavy atom. The molecule has 5 nitrogen and oxygen atoms in total. The van der Waals surface area contributed by atoms with Gasteiger partial charge in [-0.3, -0.25) is 0 Å². The zero-order chi connectivity index (χ0) is 18.5. The highest BCUT2D eigenvalue weighted by Gasteiger charge is 2.19. The highest BCUT2D eigenvalue weighted by atomic mass is 35.5. The van der Waals surface area contributed by atoms with Crippen LogP contribution < -0.4 is 15.4 Å². The number of aryl methyl sites for hydroxylation is 1. The van der Waals surface area contributed by atoms with Crippen molar-refractivity contribution in [3.05, 3.63) is 77.3 Å². The van der Waals surface area contributed by atoms with Gasteiger partial charge in [0.25, 0.3) is 0 Å². The third-order valence-corrected chi connectivity index (χ3v) is 4.42. The summed E-state index contributed by atoms with van der Waals surface area (Å²) in [5.41, 5.74) is 1.89. The van der Waals surface area contributed by atoms with Crippen molar-refractivity contribution in [1.82, 2.24) is 14.9 Å². The molecule has 0 bridgehead atoms. The van der Waals surface area contributed by atoms with Crippen LogP contribution in [0, 0.1) is 0 Å². The smallest absolute Gasteiger partial charge is 0.171 e. The first-order chi connectivity index (χ1) is 12.6. The Labute approximate surface area is 163 Å². The minimum Gasteiger partial charge on any atom is -0.497 e. The van der Waals surface area contributed by atoms with Crippen LogP contribution in [0.1, 0.15) is 17.4 Å². The van der Waals surface area contributed by atoms with Crippen molar-refractivity contribution >= 4 is 34.6 Å². The number of rotatable bonds is 5. The van der Waals surface area contributed by atoms with Gasteiger partial charge in [0.05, 0.1) is 7.11 Å². The molecule has 3 rings (SSSR count). The first-order valence-electron chi connectivity index (χ1n) is 8.01. The first-order valence-corrected chi connectivity index (χ1v) is 8.79. The number of hydrogen-bond acceptors (Lipinski definition) is 3. The molecule has 26 heavy (non-hydrogen) atoms. The van der Waals surface area contributed by atoms with Gasteiger partial charge in [0, 0.05) is 30.2 Å². The number of aromatic nitrogens is 2. The lowest BCUT2D eigenvalue weighted by atomic mass is 10.1. The van der Waals surface area contributed by atoms with Gasteiger partial charge in [-0.1, -0.05) is 23.7 Å². The molecule has 2 N–H and O–H groups in total. The Balaban J connectivity index is 1.79. The Morgan fingerprint density at radius 2 is 1.85 bits per heavy atom. The second kappa shape index (κ2) is 8.21. The van der Waals surface area contributed by atoms with Gasteiger partial charge >= 0.3 is 0 Å². The van der Waals surface area contributed by atoms with E-state index in [1.54, 1.807) is 13.3 Å². The summed E-state index contributed by atoms with van der Waals surface area (Å²) in [6, 6.07) is 15.0. The lowest BCUT2D eigenvalue weighted by molar-refractivity contribution is 0.415.